The van der Waals surface area contributed by atoms with Crippen molar-refractivity contribution in [2.24, 2.45) is 0 Å². The molecule has 1 aliphatic heterocycles. The van der Waals surface area contributed by atoms with E-state index < -0.39 is 0 Å². The van der Waals surface area contributed by atoms with Crippen molar-refractivity contribution in [2.75, 3.05) is 44.7 Å². The Morgan fingerprint density at radius 2 is 1.74 bits per heavy atom. The standard InChI is InChI=1S/C14H20Br2N2O/c1-3-4-17-5-7-18(8-6-17)13-9-11(15)12(16)10-14(13)19-2/h9-10H,3-8H2,1-2H3. The Morgan fingerprint density at radius 1 is 1.11 bits per heavy atom. The van der Waals surface area contributed by atoms with Crippen molar-refractivity contribution in [3.05, 3.63) is 21.1 Å². The van der Waals surface area contributed by atoms with Crippen LogP contribution < -0.4 is 9.64 Å². The lowest BCUT2D eigenvalue weighted by Crippen LogP contribution is -2.46. The second-order valence-corrected chi connectivity index (χ2v) is 6.48. The van der Waals surface area contributed by atoms with Crippen LogP contribution in [0.15, 0.2) is 21.1 Å². The number of piperazine rings is 1. The summed E-state index contributed by atoms with van der Waals surface area (Å²) < 4.78 is 7.60. The maximum absolute atomic E-state index is 5.50. The van der Waals surface area contributed by atoms with E-state index >= 15 is 0 Å². The monoisotopic (exact) mass is 390 g/mol. The molecule has 1 fully saturated rings. The molecule has 0 atom stereocenters. The van der Waals surface area contributed by atoms with Crippen molar-refractivity contribution in [2.45, 2.75) is 13.3 Å². The van der Waals surface area contributed by atoms with Crippen molar-refractivity contribution in [1.82, 2.24) is 4.90 Å². The van der Waals surface area contributed by atoms with E-state index in [0.29, 0.717) is 0 Å². The summed E-state index contributed by atoms with van der Waals surface area (Å²) in [6.07, 6.45) is 1.23. The van der Waals surface area contributed by atoms with Gasteiger partial charge in [-0.3, -0.25) is 4.90 Å². The third kappa shape index (κ3) is 3.64. The predicted octanol–water partition coefficient (Wildman–Crippen LogP) is 3.75. The van der Waals surface area contributed by atoms with Crippen molar-refractivity contribution >= 4 is 37.5 Å². The van der Waals surface area contributed by atoms with Gasteiger partial charge in [0.15, 0.2) is 0 Å². The van der Waals surface area contributed by atoms with Gasteiger partial charge < -0.3 is 9.64 Å². The highest BCUT2D eigenvalue weighted by Gasteiger charge is 2.20. The molecule has 0 N–H and O–H groups in total. The van der Waals surface area contributed by atoms with Gasteiger partial charge in [0.1, 0.15) is 5.75 Å². The third-order valence-electron chi connectivity index (χ3n) is 3.47. The molecule has 0 spiro atoms. The van der Waals surface area contributed by atoms with Crippen LogP contribution in [0.1, 0.15) is 13.3 Å². The number of ether oxygens (including phenoxy) is 1. The first-order chi connectivity index (χ1) is 9.15. The molecule has 19 heavy (non-hydrogen) atoms. The summed E-state index contributed by atoms with van der Waals surface area (Å²) >= 11 is 7.09. The predicted molar refractivity (Wildman–Crippen MR) is 87.3 cm³/mol. The minimum atomic E-state index is 0.930. The van der Waals surface area contributed by atoms with Gasteiger partial charge in [0.2, 0.25) is 0 Å². The first-order valence-corrected chi connectivity index (χ1v) is 8.24. The fourth-order valence-electron chi connectivity index (χ4n) is 2.46. The molecule has 0 bridgehead atoms. The summed E-state index contributed by atoms with van der Waals surface area (Å²) in [4.78, 5) is 4.93. The van der Waals surface area contributed by atoms with Gasteiger partial charge in [-0.25, -0.2) is 0 Å². The number of benzene rings is 1. The quantitative estimate of drug-likeness (QED) is 0.777. The Labute approximate surface area is 132 Å². The first kappa shape index (κ1) is 15.1. The molecule has 5 heteroatoms. The average Bonchev–Trinajstić information content (AvgIpc) is 2.43. The Hall–Kier alpha value is -0.260. The number of nitrogens with zero attached hydrogens (tertiary/aromatic N) is 2. The maximum Gasteiger partial charge on any atom is 0.143 e. The van der Waals surface area contributed by atoms with Crippen LogP contribution in [-0.2, 0) is 0 Å². The highest BCUT2D eigenvalue weighted by molar-refractivity contribution is 9.13. The Morgan fingerprint density at radius 3 is 2.32 bits per heavy atom. The normalized spacial score (nSPS) is 16.7. The first-order valence-electron chi connectivity index (χ1n) is 6.66. The Balaban J connectivity index is 2.12. The fourth-order valence-corrected chi connectivity index (χ4v) is 3.11. The van der Waals surface area contributed by atoms with Crippen molar-refractivity contribution in [3.8, 4) is 5.75 Å². The number of hydrogen-bond acceptors (Lipinski definition) is 3. The zero-order valence-electron chi connectivity index (χ0n) is 11.5. The van der Waals surface area contributed by atoms with Gasteiger partial charge in [0.05, 0.1) is 12.8 Å². The largest absolute Gasteiger partial charge is 0.495 e. The van der Waals surface area contributed by atoms with Crippen LogP contribution >= 0.6 is 31.9 Å². The SMILES string of the molecule is CCCN1CCN(c2cc(Br)c(Br)cc2OC)CC1. The molecular formula is C14H20Br2N2O. The van der Waals surface area contributed by atoms with Crippen LogP contribution in [0.5, 0.6) is 5.75 Å². The molecule has 0 amide bonds. The Kier molecular flexibility index (Phi) is 5.54. The smallest absolute Gasteiger partial charge is 0.143 e. The van der Waals surface area contributed by atoms with Crippen molar-refractivity contribution in [1.29, 1.82) is 0 Å². The van der Waals surface area contributed by atoms with Gasteiger partial charge in [0.25, 0.3) is 0 Å². The Bertz CT molecular complexity index is 432. The van der Waals surface area contributed by atoms with E-state index in [1.165, 1.54) is 18.7 Å². The minimum Gasteiger partial charge on any atom is -0.495 e. The molecule has 1 aromatic rings. The lowest BCUT2D eigenvalue weighted by atomic mass is 10.2. The van der Waals surface area contributed by atoms with Gasteiger partial charge in [0, 0.05) is 35.1 Å². The maximum atomic E-state index is 5.50. The van der Waals surface area contributed by atoms with E-state index in [1.54, 1.807) is 7.11 Å². The van der Waals surface area contributed by atoms with Crippen LogP contribution in [0.3, 0.4) is 0 Å². The third-order valence-corrected chi connectivity index (χ3v) is 5.32. The van der Waals surface area contributed by atoms with Crippen LogP contribution in [0, 0.1) is 0 Å². The summed E-state index contributed by atoms with van der Waals surface area (Å²) in [6.45, 7) is 7.82. The number of methoxy groups -OCH3 is 1. The number of anilines is 1. The molecule has 0 radical (unpaired) electrons. The molecule has 1 saturated heterocycles. The van der Waals surface area contributed by atoms with Gasteiger partial charge in [-0.2, -0.15) is 0 Å². The second kappa shape index (κ2) is 6.95. The van der Waals surface area contributed by atoms with E-state index in [9.17, 15) is 0 Å². The molecule has 106 valence electrons. The summed E-state index contributed by atoms with van der Waals surface area (Å²) in [5.74, 6) is 0.930. The van der Waals surface area contributed by atoms with E-state index in [2.05, 4.69) is 54.6 Å². The number of halogens is 2. The average molecular weight is 392 g/mol. The summed E-state index contributed by atoms with van der Waals surface area (Å²) in [7, 11) is 1.73. The van der Waals surface area contributed by atoms with E-state index in [0.717, 1.165) is 40.9 Å². The van der Waals surface area contributed by atoms with Gasteiger partial charge in [-0.1, -0.05) is 6.92 Å². The molecule has 0 unspecified atom stereocenters. The summed E-state index contributed by atoms with van der Waals surface area (Å²) in [5.41, 5.74) is 1.17. The number of hydrogen-bond donors (Lipinski definition) is 0. The second-order valence-electron chi connectivity index (χ2n) is 4.77. The minimum absolute atomic E-state index is 0.930. The lowest BCUT2D eigenvalue weighted by molar-refractivity contribution is 0.257. The highest BCUT2D eigenvalue weighted by Crippen LogP contribution is 2.37. The van der Waals surface area contributed by atoms with E-state index in [1.807, 2.05) is 6.07 Å². The van der Waals surface area contributed by atoms with E-state index in [4.69, 9.17) is 4.74 Å². The fraction of sp³-hybridized carbons (Fsp3) is 0.571. The van der Waals surface area contributed by atoms with Crippen molar-refractivity contribution < 1.29 is 4.74 Å². The molecular weight excluding hydrogens is 372 g/mol. The zero-order valence-corrected chi connectivity index (χ0v) is 14.6. The van der Waals surface area contributed by atoms with Crippen LogP contribution in [0.2, 0.25) is 0 Å². The van der Waals surface area contributed by atoms with Gasteiger partial charge in [-0.05, 0) is 57.0 Å². The molecule has 0 saturated carbocycles. The molecule has 2 rings (SSSR count). The summed E-state index contributed by atoms with van der Waals surface area (Å²) in [5, 5.41) is 0. The van der Waals surface area contributed by atoms with Gasteiger partial charge >= 0.3 is 0 Å². The van der Waals surface area contributed by atoms with Crippen LogP contribution in [-0.4, -0.2) is 44.7 Å². The highest BCUT2D eigenvalue weighted by atomic mass is 79.9. The lowest BCUT2D eigenvalue weighted by Gasteiger charge is -2.36. The molecule has 1 heterocycles. The molecule has 3 nitrogen and oxygen atoms in total. The van der Waals surface area contributed by atoms with E-state index in [-0.39, 0.29) is 0 Å². The molecule has 0 aromatic heterocycles. The zero-order chi connectivity index (χ0) is 13.8. The summed E-state index contributed by atoms with van der Waals surface area (Å²) in [6, 6.07) is 4.16. The number of rotatable bonds is 4. The molecule has 1 aromatic carbocycles. The molecule has 1 aliphatic rings. The van der Waals surface area contributed by atoms with Crippen molar-refractivity contribution in [3.63, 3.8) is 0 Å². The topological polar surface area (TPSA) is 15.7 Å². The molecule has 0 aliphatic carbocycles. The van der Waals surface area contributed by atoms with Crippen LogP contribution in [0.4, 0.5) is 5.69 Å². The van der Waals surface area contributed by atoms with Gasteiger partial charge in [-0.15, -0.1) is 0 Å². The van der Waals surface area contributed by atoms with Crippen LogP contribution in [0.25, 0.3) is 0 Å².